The Morgan fingerprint density at radius 1 is 1.00 bits per heavy atom. The second kappa shape index (κ2) is 4.75. The maximum atomic E-state index is 8.66. The highest BCUT2D eigenvalue weighted by molar-refractivity contribution is 5.87. The molecule has 0 spiro atoms. The van der Waals surface area contributed by atoms with Crippen LogP contribution in [0.2, 0.25) is 0 Å². The predicted molar refractivity (Wildman–Crippen MR) is 61.3 cm³/mol. The summed E-state index contributed by atoms with van der Waals surface area (Å²) in [6.45, 7) is 0. The second-order valence-electron chi connectivity index (χ2n) is 3.90. The first-order chi connectivity index (χ1) is 7.38. The molecule has 0 atom stereocenters. The topological polar surface area (TPSA) is 36.1 Å². The highest BCUT2D eigenvalue weighted by Gasteiger charge is 2.06. The molecule has 0 unspecified atom stereocenters. The Kier molecular flexibility index (Phi) is 3.14. The van der Waals surface area contributed by atoms with E-state index in [1.54, 1.807) is 0 Å². The maximum absolute atomic E-state index is 8.66. The van der Waals surface area contributed by atoms with Gasteiger partial charge in [0, 0.05) is 5.71 Å². The Bertz CT molecular complexity index is 388. The number of nitrogens with zero attached hydrogens (tertiary/aromatic N) is 2. The summed E-state index contributed by atoms with van der Waals surface area (Å²) in [7, 11) is 0. The zero-order chi connectivity index (χ0) is 10.5. The number of aliphatic imine (C=N–C) groups is 1. The fourth-order valence-corrected chi connectivity index (χ4v) is 1.86. The molecule has 1 fully saturated rings. The highest BCUT2D eigenvalue weighted by Crippen LogP contribution is 2.20. The van der Waals surface area contributed by atoms with Crippen LogP contribution in [0.15, 0.2) is 29.3 Å². The summed E-state index contributed by atoms with van der Waals surface area (Å²) in [4.78, 5) is 4.60. The summed E-state index contributed by atoms with van der Waals surface area (Å²) >= 11 is 0. The Hall–Kier alpha value is -1.62. The van der Waals surface area contributed by atoms with Gasteiger partial charge < -0.3 is 0 Å². The Balaban J connectivity index is 2.12. The Morgan fingerprint density at radius 2 is 1.67 bits per heavy atom. The molecule has 76 valence electrons. The smallest absolute Gasteiger partial charge is 0.0991 e. The molecule has 0 aliphatic heterocycles. The summed E-state index contributed by atoms with van der Waals surface area (Å²) in [5, 5.41) is 8.66. The molecule has 1 aliphatic rings. The van der Waals surface area contributed by atoms with Crippen molar-refractivity contribution in [1.82, 2.24) is 0 Å². The van der Waals surface area contributed by atoms with Gasteiger partial charge in [-0.05, 0) is 49.9 Å². The molecule has 15 heavy (non-hydrogen) atoms. The van der Waals surface area contributed by atoms with Crippen LogP contribution in [0.5, 0.6) is 0 Å². The second-order valence-corrected chi connectivity index (χ2v) is 3.90. The average molecular weight is 198 g/mol. The van der Waals surface area contributed by atoms with Crippen molar-refractivity contribution >= 4 is 11.4 Å². The van der Waals surface area contributed by atoms with Gasteiger partial charge in [0.05, 0.1) is 17.3 Å². The van der Waals surface area contributed by atoms with Gasteiger partial charge in [-0.1, -0.05) is 6.42 Å². The molecule has 0 heterocycles. The highest BCUT2D eigenvalue weighted by atomic mass is 14.7. The van der Waals surface area contributed by atoms with Gasteiger partial charge in [0.25, 0.3) is 0 Å². The summed E-state index contributed by atoms with van der Waals surface area (Å²) in [5.74, 6) is 0. The van der Waals surface area contributed by atoms with Crippen molar-refractivity contribution in [2.24, 2.45) is 4.99 Å². The van der Waals surface area contributed by atoms with Crippen LogP contribution >= 0.6 is 0 Å². The van der Waals surface area contributed by atoms with Crippen molar-refractivity contribution in [3.8, 4) is 6.07 Å². The third kappa shape index (κ3) is 2.66. The molecular weight excluding hydrogens is 184 g/mol. The van der Waals surface area contributed by atoms with E-state index >= 15 is 0 Å². The van der Waals surface area contributed by atoms with Crippen LogP contribution in [0.25, 0.3) is 0 Å². The first kappa shape index (κ1) is 9.92. The first-order valence-corrected chi connectivity index (χ1v) is 5.45. The molecule has 2 nitrogen and oxygen atoms in total. The van der Waals surface area contributed by atoms with Crippen molar-refractivity contribution in [2.45, 2.75) is 32.1 Å². The molecule has 1 aromatic carbocycles. The summed E-state index contributed by atoms with van der Waals surface area (Å²) in [6.07, 6.45) is 6.16. The first-order valence-electron chi connectivity index (χ1n) is 5.45. The molecule has 0 radical (unpaired) electrons. The lowest BCUT2D eigenvalue weighted by Gasteiger charge is -2.11. The Labute approximate surface area is 90.3 Å². The van der Waals surface area contributed by atoms with Gasteiger partial charge >= 0.3 is 0 Å². The summed E-state index contributed by atoms with van der Waals surface area (Å²) in [6, 6.07) is 9.59. The van der Waals surface area contributed by atoms with Gasteiger partial charge in [-0.2, -0.15) is 5.26 Å². The minimum atomic E-state index is 0.697. The maximum Gasteiger partial charge on any atom is 0.0991 e. The van der Waals surface area contributed by atoms with Crippen LogP contribution in [0, 0.1) is 11.3 Å². The lowest BCUT2D eigenvalue weighted by molar-refractivity contribution is 0.667. The molecule has 2 heteroatoms. The normalized spacial score (nSPS) is 15.8. The number of hydrogen-bond acceptors (Lipinski definition) is 2. The summed E-state index contributed by atoms with van der Waals surface area (Å²) < 4.78 is 0. The number of benzene rings is 1. The van der Waals surface area contributed by atoms with E-state index in [4.69, 9.17) is 5.26 Å². The monoisotopic (exact) mass is 198 g/mol. The lowest BCUT2D eigenvalue weighted by atomic mass is 9.98. The minimum Gasteiger partial charge on any atom is -0.258 e. The fourth-order valence-electron chi connectivity index (χ4n) is 1.86. The number of rotatable bonds is 1. The largest absolute Gasteiger partial charge is 0.258 e. The van der Waals surface area contributed by atoms with Crippen LogP contribution < -0.4 is 0 Å². The molecule has 0 bridgehead atoms. The molecular formula is C13H14N2. The molecule has 1 aromatic rings. The van der Waals surface area contributed by atoms with Crippen molar-refractivity contribution in [1.29, 1.82) is 5.26 Å². The van der Waals surface area contributed by atoms with E-state index in [0.29, 0.717) is 5.56 Å². The lowest BCUT2D eigenvalue weighted by Crippen LogP contribution is -2.03. The van der Waals surface area contributed by atoms with E-state index in [-0.39, 0.29) is 0 Å². The summed E-state index contributed by atoms with van der Waals surface area (Å²) in [5.41, 5.74) is 2.99. The Morgan fingerprint density at radius 3 is 2.27 bits per heavy atom. The van der Waals surface area contributed by atoms with Gasteiger partial charge in [0.1, 0.15) is 0 Å². The van der Waals surface area contributed by atoms with Gasteiger partial charge in [0.15, 0.2) is 0 Å². The molecule has 0 N–H and O–H groups in total. The van der Waals surface area contributed by atoms with Gasteiger partial charge in [-0.15, -0.1) is 0 Å². The van der Waals surface area contributed by atoms with Gasteiger partial charge in [-0.3, -0.25) is 4.99 Å². The number of nitriles is 1. The molecule has 0 saturated heterocycles. The fraction of sp³-hybridized carbons (Fsp3) is 0.385. The zero-order valence-electron chi connectivity index (χ0n) is 8.74. The molecule has 2 rings (SSSR count). The molecule has 1 aliphatic carbocycles. The van der Waals surface area contributed by atoms with Crippen molar-refractivity contribution in [3.05, 3.63) is 29.8 Å². The van der Waals surface area contributed by atoms with Gasteiger partial charge in [0.2, 0.25) is 0 Å². The standard InChI is InChI=1S/C13H14N2/c14-10-11-6-8-13(9-7-11)15-12-4-2-1-3-5-12/h6-9H,1-5H2. The average Bonchev–Trinajstić information content (AvgIpc) is 2.31. The van der Waals surface area contributed by atoms with Crippen LogP contribution in [0.4, 0.5) is 5.69 Å². The van der Waals surface area contributed by atoms with Crippen LogP contribution in [0.1, 0.15) is 37.7 Å². The van der Waals surface area contributed by atoms with E-state index in [2.05, 4.69) is 11.1 Å². The molecule has 0 aromatic heterocycles. The van der Waals surface area contributed by atoms with E-state index in [1.807, 2.05) is 24.3 Å². The van der Waals surface area contributed by atoms with Gasteiger partial charge in [-0.25, -0.2) is 0 Å². The third-order valence-corrected chi connectivity index (χ3v) is 2.71. The van der Waals surface area contributed by atoms with E-state index < -0.39 is 0 Å². The quantitative estimate of drug-likeness (QED) is 0.679. The third-order valence-electron chi connectivity index (χ3n) is 2.71. The SMILES string of the molecule is N#Cc1ccc(N=C2CCCCC2)cc1. The van der Waals surface area contributed by atoms with Crippen LogP contribution in [0.3, 0.4) is 0 Å². The van der Waals surface area contributed by atoms with Crippen LogP contribution in [-0.2, 0) is 0 Å². The van der Waals surface area contributed by atoms with E-state index in [9.17, 15) is 0 Å². The molecule has 0 amide bonds. The predicted octanol–water partition coefficient (Wildman–Crippen LogP) is 3.59. The minimum absolute atomic E-state index is 0.697. The van der Waals surface area contributed by atoms with E-state index in [0.717, 1.165) is 18.5 Å². The van der Waals surface area contributed by atoms with Crippen molar-refractivity contribution < 1.29 is 0 Å². The number of hydrogen-bond donors (Lipinski definition) is 0. The molecule has 1 saturated carbocycles. The van der Waals surface area contributed by atoms with Crippen molar-refractivity contribution in [3.63, 3.8) is 0 Å². The zero-order valence-corrected chi connectivity index (χ0v) is 8.74. The van der Waals surface area contributed by atoms with E-state index in [1.165, 1.54) is 25.0 Å². The van der Waals surface area contributed by atoms with Crippen LogP contribution in [-0.4, -0.2) is 5.71 Å². The van der Waals surface area contributed by atoms with Crippen molar-refractivity contribution in [2.75, 3.05) is 0 Å².